The second kappa shape index (κ2) is 7.75. The van der Waals surface area contributed by atoms with Crippen LogP contribution in [-0.4, -0.2) is 30.3 Å². The molecule has 3 aromatic rings. The molecule has 7 nitrogen and oxygen atoms in total. The molecule has 0 bridgehead atoms. The van der Waals surface area contributed by atoms with Crippen LogP contribution in [0.25, 0.3) is 0 Å². The average molecular weight is 432 g/mol. The molecule has 0 saturated carbocycles. The maximum absolute atomic E-state index is 13.5. The maximum atomic E-state index is 13.5. The van der Waals surface area contributed by atoms with Crippen LogP contribution < -0.4 is 14.8 Å². The third kappa shape index (κ3) is 3.21. The minimum atomic E-state index is -0.341. The molecule has 2 N–H and O–H groups in total. The summed E-state index contributed by atoms with van der Waals surface area (Å²) in [6.07, 6.45) is 1.09. The molecule has 32 heavy (non-hydrogen) atoms. The zero-order valence-electron chi connectivity index (χ0n) is 18.1. The standard InChI is InChI=1S/C25H24N2O5/c1-13-22-23(15-6-9-19(28)21(12-15)31-3)24-18(26-25(22)32-27-13)10-16(11-20(24)29)14-4-7-17(30-2)8-5-14/h4-9,12,16,23,26,28H,10-11H2,1-3H3/t16-,23-/m0/s1. The summed E-state index contributed by atoms with van der Waals surface area (Å²) in [6, 6.07) is 13.0. The number of rotatable bonds is 4. The van der Waals surface area contributed by atoms with Crippen LogP contribution in [0.5, 0.6) is 17.2 Å². The molecular weight excluding hydrogens is 408 g/mol. The van der Waals surface area contributed by atoms with Crippen molar-refractivity contribution < 1.29 is 23.9 Å². The summed E-state index contributed by atoms with van der Waals surface area (Å²) in [5.74, 6) is 1.56. The van der Waals surface area contributed by atoms with E-state index >= 15 is 0 Å². The summed E-state index contributed by atoms with van der Waals surface area (Å²) in [4.78, 5) is 13.5. The first-order valence-electron chi connectivity index (χ1n) is 10.5. The maximum Gasteiger partial charge on any atom is 0.233 e. The molecule has 7 heteroatoms. The third-order valence-electron chi connectivity index (χ3n) is 6.38. The molecule has 1 aromatic heterocycles. The van der Waals surface area contributed by atoms with Gasteiger partial charge in [0, 0.05) is 23.6 Å². The fraction of sp³-hybridized carbons (Fsp3) is 0.280. The largest absolute Gasteiger partial charge is 0.504 e. The van der Waals surface area contributed by atoms with Crippen molar-refractivity contribution in [1.82, 2.24) is 5.16 Å². The minimum absolute atomic E-state index is 0.0520. The summed E-state index contributed by atoms with van der Waals surface area (Å²) in [5.41, 5.74) is 5.07. The lowest BCUT2D eigenvalue weighted by Gasteiger charge is -2.34. The number of benzene rings is 2. The van der Waals surface area contributed by atoms with Gasteiger partial charge in [-0.25, -0.2) is 0 Å². The molecule has 2 aliphatic rings. The molecule has 1 aliphatic carbocycles. The number of aryl methyl sites for hydroxylation is 1. The van der Waals surface area contributed by atoms with Crippen LogP contribution in [0.3, 0.4) is 0 Å². The number of hydrogen-bond acceptors (Lipinski definition) is 7. The lowest BCUT2D eigenvalue weighted by Crippen LogP contribution is -2.29. The summed E-state index contributed by atoms with van der Waals surface area (Å²) in [5, 5.41) is 17.5. The number of Topliss-reactive ketones (excluding diaryl/α,β-unsaturated/α-hetero) is 1. The van der Waals surface area contributed by atoms with E-state index in [-0.39, 0.29) is 23.4 Å². The number of phenols is 1. The highest BCUT2D eigenvalue weighted by atomic mass is 16.5. The highest BCUT2D eigenvalue weighted by Crippen LogP contribution is 2.49. The molecule has 0 radical (unpaired) electrons. The molecule has 0 amide bonds. The number of nitrogens with one attached hydrogen (secondary N) is 1. The zero-order valence-corrected chi connectivity index (χ0v) is 18.1. The van der Waals surface area contributed by atoms with E-state index in [2.05, 4.69) is 10.5 Å². The third-order valence-corrected chi connectivity index (χ3v) is 6.38. The van der Waals surface area contributed by atoms with Crippen LogP contribution in [0.1, 0.15) is 47.1 Å². The first kappa shape index (κ1) is 20.2. The van der Waals surface area contributed by atoms with Crippen LogP contribution in [0.4, 0.5) is 5.88 Å². The summed E-state index contributed by atoms with van der Waals surface area (Å²) < 4.78 is 16.1. The number of phenolic OH excluding ortho intramolecular Hbond substituents is 1. The van der Waals surface area contributed by atoms with Crippen molar-refractivity contribution in [3.05, 3.63) is 76.1 Å². The van der Waals surface area contributed by atoms with Gasteiger partial charge in [0.1, 0.15) is 5.75 Å². The normalized spacial score (nSPS) is 19.8. The Kier molecular flexibility index (Phi) is 4.89. The monoisotopic (exact) mass is 432 g/mol. The highest BCUT2D eigenvalue weighted by Gasteiger charge is 2.41. The topological polar surface area (TPSA) is 93.8 Å². The summed E-state index contributed by atoms with van der Waals surface area (Å²) in [7, 11) is 3.14. The SMILES string of the molecule is COc1ccc([C@@H]2CC(=O)C3=C(C2)Nc2onc(C)c2[C@@H]3c2ccc(O)c(OC)c2)cc1. The van der Waals surface area contributed by atoms with Crippen LogP contribution in [0.15, 0.2) is 58.3 Å². The fourth-order valence-electron chi connectivity index (χ4n) is 4.79. The van der Waals surface area contributed by atoms with Crippen LogP contribution in [-0.2, 0) is 4.79 Å². The molecule has 0 unspecified atom stereocenters. The number of anilines is 1. The Labute approximate surface area is 185 Å². The first-order valence-corrected chi connectivity index (χ1v) is 10.5. The van der Waals surface area contributed by atoms with E-state index in [1.54, 1.807) is 19.2 Å². The number of fused-ring (bicyclic) bond motifs is 1. The quantitative estimate of drug-likeness (QED) is 0.619. The van der Waals surface area contributed by atoms with Gasteiger partial charge in [-0.1, -0.05) is 23.4 Å². The molecular formula is C25H24N2O5. The molecule has 2 atom stereocenters. The van der Waals surface area contributed by atoms with E-state index in [0.717, 1.165) is 39.4 Å². The Morgan fingerprint density at radius 2 is 1.81 bits per heavy atom. The van der Waals surface area contributed by atoms with E-state index in [9.17, 15) is 9.90 Å². The van der Waals surface area contributed by atoms with Gasteiger partial charge in [-0.05, 0) is 54.7 Å². The number of methoxy groups -OCH3 is 2. The highest BCUT2D eigenvalue weighted by molar-refractivity contribution is 6.01. The number of nitrogens with zero attached hydrogens (tertiary/aromatic N) is 1. The van der Waals surface area contributed by atoms with E-state index in [1.807, 2.05) is 37.3 Å². The second-order valence-electron chi connectivity index (χ2n) is 8.19. The molecule has 5 rings (SSSR count). The van der Waals surface area contributed by atoms with Gasteiger partial charge in [-0.15, -0.1) is 0 Å². The van der Waals surface area contributed by atoms with Gasteiger partial charge < -0.3 is 24.4 Å². The van der Waals surface area contributed by atoms with Crippen molar-refractivity contribution in [3.63, 3.8) is 0 Å². The molecule has 2 heterocycles. The van der Waals surface area contributed by atoms with Crippen LogP contribution >= 0.6 is 0 Å². The van der Waals surface area contributed by atoms with Gasteiger partial charge in [-0.2, -0.15) is 0 Å². The number of ether oxygens (including phenoxy) is 2. The van der Waals surface area contributed by atoms with Crippen molar-refractivity contribution in [2.75, 3.05) is 19.5 Å². The Hall–Kier alpha value is -3.74. The molecule has 1 aliphatic heterocycles. The number of carbonyl (C=O) groups excluding carboxylic acids is 1. The Morgan fingerprint density at radius 1 is 1.06 bits per heavy atom. The zero-order chi connectivity index (χ0) is 22.4. The van der Waals surface area contributed by atoms with E-state index in [0.29, 0.717) is 24.5 Å². The predicted octanol–water partition coefficient (Wildman–Crippen LogP) is 4.66. The van der Waals surface area contributed by atoms with Crippen molar-refractivity contribution in [2.24, 2.45) is 0 Å². The number of hydrogen-bond donors (Lipinski definition) is 2. The number of ketones is 1. The van der Waals surface area contributed by atoms with E-state index in [1.165, 1.54) is 7.11 Å². The predicted molar refractivity (Wildman–Crippen MR) is 118 cm³/mol. The van der Waals surface area contributed by atoms with Crippen LogP contribution in [0, 0.1) is 6.92 Å². The van der Waals surface area contributed by atoms with Crippen LogP contribution in [0.2, 0.25) is 0 Å². The molecule has 0 saturated heterocycles. The van der Waals surface area contributed by atoms with Crippen molar-refractivity contribution in [2.45, 2.75) is 31.6 Å². The number of carbonyl (C=O) groups is 1. The van der Waals surface area contributed by atoms with Crippen molar-refractivity contribution >= 4 is 11.7 Å². The van der Waals surface area contributed by atoms with Crippen molar-refractivity contribution in [1.29, 1.82) is 0 Å². The average Bonchev–Trinajstić information content (AvgIpc) is 3.18. The van der Waals surface area contributed by atoms with Gasteiger partial charge in [0.2, 0.25) is 5.88 Å². The first-order chi connectivity index (χ1) is 15.5. The molecule has 0 spiro atoms. The minimum Gasteiger partial charge on any atom is -0.504 e. The fourth-order valence-corrected chi connectivity index (χ4v) is 4.79. The molecule has 0 fully saturated rings. The van der Waals surface area contributed by atoms with E-state index in [4.69, 9.17) is 14.0 Å². The Bertz CT molecular complexity index is 1230. The number of allylic oxidation sites excluding steroid dienone is 2. The Balaban J connectivity index is 1.59. The smallest absolute Gasteiger partial charge is 0.233 e. The van der Waals surface area contributed by atoms with Gasteiger partial charge in [0.05, 0.1) is 25.5 Å². The number of aromatic hydroxyl groups is 1. The lowest BCUT2D eigenvalue weighted by atomic mass is 9.72. The summed E-state index contributed by atoms with van der Waals surface area (Å²) in [6.45, 7) is 1.87. The molecule has 2 aromatic carbocycles. The number of aromatic nitrogens is 1. The molecule has 164 valence electrons. The van der Waals surface area contributed by atoms with Gasteiger partial charge in [0.15, 0.2) is 17.3 Å². The Morgan fingerprint density at radius 3 is 2.53 bits per heavy atom. The van der Waals surface area contributed by atoms with Crippen molar-refractivity contribution in [3.8, 4) is 17.2 Å². The van der Waals surface area contributed by atoms with E-state index < -0.39 is 0 Å². The van der Waals surface area contributed by atoms with Gasteiger partial charge >= 0.3 is 0 Å². The van der Waals surface area contributed by atoms with Gasteiger partial charge in [0.25, 0.3) is 0 Å². The second-order valence-corrected chi connectivity index (χ2v) is 8.19. The summed E-state index contributed by atoms with van der Waals surface area (Å²) >= 11 is 0. The van der Waals surface area contributed by atoms with Gasteiger partial charge in [-0.3, -0.25) is 4.79 Å². The lowest BCUT2D eigenvalue weighted by molar-refractivity contribution is -0.116.